The van der Waals surface area contributed by atoms with Gasteiger partial charge in [0.2, 0.25) is 0 Å². The molecule has 0 aromatic rings. The van der Waals surface area contributed by atoms with Crippen LogP contribution in [0.4, 0.5) is 0 Å². The zero-order valence-corrected chi connectivity index (χ0v) is 9.71. The lowest BCUT2D eigenvalue weighted by molar-refractivity contribution is 0.0672. The topological polar surface area (TPSA) is 49.5 Å². The van der Waals surface area contributed by atoms with Crippen LogP contribution in [0.3, 0.4) is 0 Å². The second-order valence-electron chi connectivity index (χ2n) is 5.49. The van der Waals surface area contributed by atoms with Crippen LogP contribution in [0.5, 0.6) is 0 Å². The highest BCUT2D eigenvalue weighted by Gasteiger charge is 2.33. The molecule has 1 fully saturated rings. The molecule has 0 saturated carbocycles. The van der Waals surface area contributed by atoms with Gasteiger partial charge in [0.05, 0.1) is 0 Å². The lowest BCUT2D eigenvalue weighted by Crippen LogP contribution is -2.55. The number of piperidine rings is 1. The van der Waals surface area contributed by atoms with Crippen molar-refractivity contribution in [3.05, 3.63) is 0 Å². The van der Waals surface area contributed by atoms with Crippen LogP contribution in [-0.4, -0.2) is 40.8 Å². The summed E-state index contributed by atoms with van der Waals surface area (Å²) in [6.45, 7) is 9.04. The summed E-state index contributed by atoms with van der Waals surface area (Å²) in [4.78, 5) is 2.47. The highest BCUT2D eigenvalue weighted by Crippen LogP contribution is 2.27. The molecule has 1 aliphatic rings. The maximum Gasteiger partial charge on any atom is 0.0448 e. The van der Waals surface area contributed by atoms with Crippen LogP contribution in [0.15, 0.2) is 0 Å². The lowest BCUT2D eigenvalue weighted by atomic mass is 9.84. The van der Waals surface area contributed by atoms with Crippen LogP contribution < -0.4 is 5.73 Å². The molecule has 0 aromatic carbocycles. The summed E-state index contributed by atoms with van der Waals surface area (Å²) in [7, 11) is 0. The number of nitrogens with zero attached hydrogens (tertiary/aromatic N) is 1. The third-order valence-corrected chi connectivity index (χ3v) is 3.32. The van der Waals surface area contributed by atoms with Crippen LogP contribution in [0.2, 0.25) is 0 Å². The van der Waals surface area contributed by atoms with Crippen molar-refractivity contribution in [1.29, 1.82) is 0 Å². The van der Waals surface area contributed by atoms with E-state index in [2.05, 4.69) is 25.7 Å². The van der Waals surface area contributed by atoms with E-state index in [1.54, 1.807) is 0 Å². The number of nitrogens with two attached hydrogens (primary N) is 1. The molecule has 3 N–H and O–H groups in total. The largest absolute Gasteiger partial charge is 0.396 e. The third-order valence-electron chi connectivity index (χ3n) is 3.32. The SMILES string of the molecule is CC(C)(C)N1CCC(N)(CCO)CC1. The fourth-order valence-electron chi connectivity index (χ4n) is 2.10. The average Bonchev–Trinajstić information content (AvgIpc) is 2.03. The Labute approximate surface area is 87.3 Å². The maximum atomic E-state index is 8.92. The molecule has 14 heavy (non-hydrogen) atoms. The minimum absolute atomic E-state index is 0.115. The summed E-state index contributed by atoms with van der Waals surface area (Å²) in [5, 5.41) is 8.92. The molecule has 0 unspecified atom stereocenters. The monoisotopic (exact) mass is 200 g/mol. The van der Waals surface area contributed by atoms with Crippen molar-refractivity contribution in [1.82, 2.24) is 4.90 Å². The molecule has 3 heteroatoms. The molecule has 3 nitrogen and oxygen atoms in total. The Morgan fingerprint density at radius 2 is 1.79 bits per heavy atom. The summed E-state index contributed by atoms with van der Waals surface area (Å²) in [5.41, 5.74) is 6.32. The van der Waals surface area contributed by atoms with Gasteiger partial charge in [-0.1, -0.05) is 0 Å². The Hall–Kier alpha value is -0.120. The smallest absolute Gasteiger partial charge is 0.0448 e. The van der Waals surface area contributed by atoms with Crippen LogP contribution in [0.1, 0.15) is 40.0 Å². The Bertz CT molecular complexity index is 178. The highest BCUT2D eigenvalue weighted by molar-refractivity contribution is 4.92. The van der Waals surface area contributed by atoms with E-state index in [9.17, 15) is 0 Å². The van der Waals surface area contributed by atoms with Crippen molar-refractivity contribution < 1.29 is 5.11 Å². The minimum Gasteiger partial charge on any atom is -0.396 e. The molecule has 0 radical (unpaired) electrons. The van der Waals surface area contributed by atoms with Gasteiger partial charge in [0, 0.05) is 30.8 Å². The van der Waals surface area contributed by atoms with E-state index < -0.39 is 0 Å². The Morgan fingerprint density at radius 1 is 1.29 bits per heavy atom. The fraction of sp³-hybridized carbons (Fsp3) is 1.00. The van der Waals surface area contributed by atoms with Gasteiger partial charge >= 0.3 is 0 Å². The predicted octanol–water partition coefficient (Wildman–Crippen LogP) is 0.961. The van der Waals surface area contributed by atoms with Gasteiger partial charge in [-0.15, -0.1) is 0 Å². The van der Waals surface area contributed by atoms with Gasteiger partial charge in [-0.25, -0.2) is 0 Å². The number of rotatable bonds is 2. The number of likely N-dealkylation sites (tertiary alicyclic amines) is 1. The normalized spacial score (nSPS) is 23.8. The van der Waals surface area contributed by atoms with Crippen molar-refractivity contribution in [3.8, 4) is 0 Å². The number of aliphatic hydroxyl groups excluding tert-OH is 1. The zero-order valence-electron chi connectivity index (χ0n) is 9.71. The van der Waals surface area contributed by atoms with E-state index >= 15 is 0 Å². The quantitative estimate of drug-likeness (QED) is 0.698. The zero-order chi connectivity index (χ0) is 10.8. The number of hydrogen-bond acceptors (Lipinski definition) is 3. The summed E-state index contributed by atoms with van der Waals surface area (Å²) < 4.78 is 0. The van der Waals surface area contributed by atoms with Gasteiger partial charge in [-0.05, 0) is 40.0 Å². The summed E-state index contributed by atoms with van der Waals surface area (Å²) >= 11 is 0. The third kappa shape index (κ3) is 2.94. The Kier molecular flexibility index (Phi) is 3.56. The molecule has 0 aliphatic carbocycles. The number of aliphatic hydroxyl groups is 1. The van der Waals surface area contributed by atoms with E-state index in [0.29, 0.717) is 0 Å². The van der Waals surface area contributed by atoms with Gasteiger partial charge < -0.3 is 10.8 Å². The molecule has 0 atom stereocenters. The van der Waals surface area contributed by atoms with E-state index in [0.717, 1.165) is 32.4 Å². The number of hydrogen-bond donors (Lipinski definition) is 2. The van der Waals surface area contributed by atoms with Crippen molar-refractivity contribution >= 4 is 0 Å². The van der Waals surface area contributed by atoms with Crippen LogP contribution in [0.25, 0.3) is 0 Å². The molecule has 1 saturated heterocycles. The van der Waals surface area contributed by atoms with Gasteiger partial charge in [0.25, 0.3) is 0 Å². The summed E-state index contributed by atoms with van der Waals surface area (Å²) in [6, 6.07) is 0. The first-order valence-corrected chi connectivity index (χ1v) is 5.52. The van der Waals surface area contributed by atoms with E-state index in [4.69, 9.17) is 10.8 Å². The lowest BCUT2D eigenvalue weighted by Gasteiger charge is -2.44. The van der Waals surface area contributed by atoms with Crippen molar-refractivity contribution in [3.63, 3.8) is 0 Å². The van der Waals surface area contributed by atoms with Crippen LogP contribution in [0, 0.1) is 0 Å². The van der Waals surface area contributed by atoms with Crippen LogP contribution >= 0.6 is 0 Å². The van der Waals surface area contributed by atoms with Gasteiger partial charge in [-0.3, -0.25) is 4.90 Å². The predicted molar refractivity (Wildman–Crippen MR) is 59.2 cm³/mol. The second-order valence-corrected chi connectivity index (χ2v) is 5.49. The second kappa shape index (κ2) is 4.17. The minimum atomic E-state index is -0.115. The standard InChI is InChI=1S/C11H24N2O/c1-10(2,3)13-7-4-11(12,5-8-13)6-9-14/h14H,4-9,12H2,1-3H3. The molecular formula is C11H24N2O. The molecule has 1 rings (SSSR count). The van der Waals surface area contributed by atoms with E-state index in [1.807, 2.05) is 0 Å². The molecule has 1 heterocycles. The molecular weight excluding hydrogens is 176 g/mol. The van der Waals surface area contributed by atoms with Crippen molar-refractivity contribution in [2.75, 3.05) is 19.7 Å². The molecule has 0 amide bonds. The first-order chi connectivity index (χ1) is 6.37. The molecule has 1 aliphatic heterocycles. The Balaban J connectivity index is 2.45. The van der Waals surface area contributed by atoms with Crippen LogP contribution in [-0.2, 0) is 0 Å². The van der Waals surface area contributed by atoms with Crippen molar-refractivity contribution in [2.24, 2.45) is 5.73 Å². The van der Waals surface area contributed by atoms with Gasteiger partial charge in [0.1, 0.15) is 0 Å². The first kappa shape index (κ1) is 12.0. The molecule has 0 aromatic heterocycles. The Morgan fingerprint density at radius 3 is 2.14 bits per heavy atom. The molecule has 0 spiro atoms. The van der Waals surface area contributed by atoms with E-state index in [1.165, 1.54) is 0 Å². The fourth-order valence-corrected chi connectivity index (χ4v) is 2.10. The first-order valence-electron chi connectivity index (χ1n) is 5.52. The van der Waals surface area contributed by atoms with E-state index in [-0.39, 0.29) is 17.7 Å². The maximum absolute atomic E-state index is 8.92. The van der Waals surface area contributed by atoms with Gasteiger partial charge in [0.15, 0.2) is 0 Å². The highest BCUT2D eigenvalue weighted by atomic mass is 16.3. The summed E-state index contributed by atoms with van der Waals surface area (Å²) in [5.74, 6) is 0. The van der Waals surface area contributed by atoms with Gasteiger partial charge in [-0.2, -0.15) is 0 Å². The molecule has 0 bridgehead atoms. The average molecular weight is 200 g/mol. The molecule has 84 valence electrons. The van der Waals surface area contributed by atoms with Crippen molar-refractivity contribution in [2.45, 2.75) is 51.1 Å². The summed E-state index contributed by atoms with van der Waals surface area (Å²) in [6.07, 6.45) is 2.75.